The van der Waals surface area contributed by atoms with E-state index in [-0.39, 0.29) is 17.2 Å². The molecule has 1 atom stereocenters. The lowest BCUT2D eigenvalue weighted by atomic mass is 9.71. The van der Waals surface area contributed by atoms with Crippen molar-refractivity contribution in [2.24, 2.45) is 18.4 Å². The summed E-state index contributed by atoms with van der Waals surface area (Å²) in [6.07, 6.45) is 1.90. The molecule has 6 heteroatoms. The van der Waals surface area contributed by atoms with E-state index in [0.29, 0.717) is 24.7 Å². The second kappa shape index (κ2) is 7.09. The van der Waals surface area contributed by atoms with Crippen molar-refractivity contribution in [2.75, 3.05) is 46.8 Å². The van der Waals surface area contributed by atoms with Gasteiger partial charge in [-0.05, 0) is 44.3 Å². The Hall–Kier alpha value is -2.60. The first-order valence-corrected chi connectivity index (χ1v) is 9.79. The van der Waals surface area contributed by atoms with Gasteiger partial charge in [0.2, 0.25) is 0 Å². The highest BCUT2D eigenvalue weighted by Crippen LogP contribution is 2.45. The first-order valence-electron chi connectivity index (χ1n) is 9.79. The largest absolute Gasteiger partial charge is 0.347 e. The van der Waals surface area contributed by atoms with Crippen molar-refractivity contribution >= 4 is 11.8 Å². The predicted octanol–water partition coefficient (Wildman–Crippen LogP) is 1.80. The summed E-state index contributed by atoms with van der Waals surface area (Å²) in [5, 5.41) is 0. The van der Waals surface area contributed by atoms with Crippen LogP contribution >= 0.6 is 0 Å². The van der Waals surface area contributed by atoms with Crippen LogP contribution in [0.25, 0.3) is 0 Å². The minimum Gasteiger partial charge on any atom is -0.347 e. The topological polar surface area (TPSA) is 48.8 Å². The molecule has 3 heterocycles. The van der Waals surface area contributed by atoms with E-state index in [1.807, 2.05) is 70.1 Å². The lowest BCUT2D eigenvalue weighted by Crippen LogP contribution is -2.63. The van der Waals surface area contributed by atoms with E-state index in [4.69, 9.17) is 0 Å². The Labute approximate surface area is 166 Å². The maximum absolute atomic E-state index is 13.0. The molecule has 1 unspecified atom stereocenters. The molecule has 2 saturated heterocycles. The fourth-order valence-corrected chi connectivity index (χ4v) is 4.70. The molecule has 2 aromatic rings. The van der Waals surface area contributed by atoms with Crippen molar-refractivity contribution in [3.8, 4) is 0 Å². The van der Waals surface area contributed by atoms with Crippen LogP contribution in [0.3, 0.4) is 0 Å². The highest BCUT2D eigenvalue weighted by Gasteiger charge is 2.56. The van der Waals surface area contributed by atoms with Gasteiger partial charge in [0.15, 0.2) is 0 Å². The number of aryl methyl sites for hydroxylation is 1. The molecule has 28 heavy (non-hydrogen) atoms. The summed E-state index contributed by atoms with van der Waals surface area (Å²) in [4.78, 5) is 31.9. The van der Waals surface area contributed by atoms with E-state index in [1.54, 1.807) is 0 Å². The third kappa shape index (κ3) is 3.22. The number of rotatable bonds is 4. The second-order valence-corrected chi connectivity index (χ2v) is 8.54. The Balaban J connectivity index is 1.50. The number of nitrogens with zero attached hydrogens (tertiary/aromatic N) is 4. The summed E-state index contributed by atoms with van der Waals surface area (Å²) in [5.74, 6) is 0.538. The average molecular weight is 380 g/mol. The van der Waals surface area contributed by atoms with Gasteiger partial charge in [-0.25, -0.2) is 0 Å². The van der Waals surface area contributed by atoms with Gasteiger partial charge < -0.3 is 19.3 Å². The monoisotopic (exact) mass is 380 g/mol. The van der Waals surface area contributed by atoms with E-state index in [1.165, 1.54) is 0 Å². The number of benzene rings is 1. The van der Waals surface area contributed by atoms with Gasteiger partial charge in [0.1, 0.15) is 5.69 Å². The van der Waals surface area contributed by atoms with Crippen LogP contribution in [0, 0.1) is 11.3 Å². The third-order valence-electron chi connectivity index (χ3n) is 6.17. The van der Waals surface area contributed by atoms with Crippen LogP contribution in [-0.4, -0.2) is 77.9 Å². The fraction of sp³-hybridized carbons (Fsp3) is 0.455. The Bertz CT molecular complexity index is 868. The number of hydrogen-bond donors (Lipinski definition) is 0. The van der Waals surface area contributed by atoms with Crippen molar-refractivity contribution in [3.63, 3.8) is 0 Å². The molecule has 6 nitrogen and oxygen atoms in total. The summed E-state index contributed by atoms with van der Waals surface area (Å²) in [7, 11) is 6.04. The SMILES string of the molecule is CN(C)CC1CN(C(=O)c2ccccc2)CC12CN(C(=O)c1cccn1C)C2. The maximum atomic E-state index is 13.0. The van der Waals surface area contributed by atoms with Gasteiger partial charge in [-0.2, -0.15) is 0 Å². The van der Waals surface area contributed by atoms with Crippen LogP contribution < -0.4 is 0 Å². The molecule has 1 spiro atoms. The summed E-state index contributed by atoms with van der Waals surface area (Å²) in [5.41, 5.74) is 1.45. The summed E-state index contributed by atoms with van der Waals surface area (Å²) in [6.45, 7) is 3.82. The van der Waals surface area contributed by atoms with Gasteiger partial charge in [0.05, 0.1) is 0 Å². The van der Waals surface area contributed by atoms with Gasteiger partial charge in [0.25, 0.3) is 11.8 Å². The first kappa shape index (κ1) is 18.7. The van der Waals surface area contributed by atoms with Gasteiger partial charge in [-0.15, -0.1) is 0 Å². The molecular formula is C22H28N4O2. The normalized spacial score (nSPS) is 20.6. The molecule has 1 aromatic heterocycles. The zero-order chi connectivity index (χ0) is 19.9. The standard InChI is InChI=1S/C22H28N4O2/c1-23(2)12-18-13-25(20(27)17-8-5-4-6-9-17)14-22(18)15-26(16-22)21(28)19-10-7-11-24(19)3/h4-11,18H,12-16H2,1-3H3. The Morgan fingerprint density at radius 3 is 2.29 bits per heavy atom. The van der Waals surface area contributed by atoms with Gasteiger partial charge in [-0.3, -0.25) is 9.59 Å². The minimum atomic E-state index is -0.00443. The Morgan fingerprint density at radius 2 is 1.68 bits per heavy atom. The molecule has 148 valence electrons. The van der Waals surface area contributed by atoms with Crippen LogP contribution in [0.2, 0.25) is 0 Å². The van der Waals surface area contributed by atoms with Gasteiger partial charge in [-0.1, -0.05) is 18.2 Å². The Kier molecular flexibility index (Phi) is 4.75. The van der Waals surface area contributed by atoms with Crippen molar-refractivity contribution in [3.05, 3.63) is 59.9 Å². The molecule has 0 N–H and O–H groups in total. The van der Waals surface area contributed by atoms with Gasteiger partial charge >= 0.3 is 0 Å². The number of hydrogen-bond acceptors (Lipinski definition) is 3. The van der Waals surface area contributed by atoms with Crippen molar-refractivity contribution in [1.82, 2.24) is 19.3 Å². The first-order chi connectivity index (χ1) is 13.4. The predicted molar refractivity (Wildman–Crippen MR) is 108 cm³/mol. The van der Waals surface area contributed by atoms with Crippen LogP contribution in [0.5, 0.6) is 0 Å². The minimum absolute atomic E-state index is 0.00443. The van der Waals surface area contributed by atoms with E-state index in [0.717, 1.165) is 25.2 Å². The van der Waals surface area contributed by atoms with E-state index in [2.05, 4.69) is 19.0 Å². The average Bonchev–Trinajstić information content (AvgIpc) is 3.23. The molecule has 0 radical (unpaired) electrons. The molecule has 2 fully saturated rings. The molecule has 0 bridgehead atoms. The van der Waals surface area contributed by atoms with Gasteiger partial charge in [0, 0.05) is 56.9 Å². The molecule has 2 aliphatic rings. The quantitative estimate of drug-likeness (QED) is 0.813. The summed E-state index contributed by atoms with van der Waals surface area (Å²) in [6, 6.07) is 13.2. The van der Waals surface area contributed by atoms with Crippen LogP contribution in [0.15, 0.2) is 48.7 Å². The molecule has 1 aromatic carbocycles. The van der Waals surface area contributed by atoms with Crippen molar-refractivity contribution < 1.29 is 9.59 Å². The lowest BCUT2D eigenvalue weighted by Gasteiger charge is -2.51. The maximum Gasteiger partial charge on any atom is 0.270 e. The summed E-state index contributed by atoms with van der Waals surface area (Å²) < 4.78 is 1.87. The number of aromatic nitrogens is 1. The van der Waals surface area contributed by atoms with Crippen LogP contribution in [0.1, 0.15) is 20.8 Å². The fourth-order valence-electron chi connectivity index (χ4n) is 4.70. The second-order valence-electron chi connectivity index (χ2n) is 8.54. The van der Waals surface area contributed by atoms with E-state index < -0.39 is 0 Å². The smallest absolute Gasteiger partial charge is 0.270 e. The number of carbonyl (C=O) groups is 2. The molecule has 0 aliphatic carbocycles. The van der Waals surface area contributed by atoms with Crippen LogP contribution in [-0.2, 0) is 7.05 Å². The molecule has 0 saturated carbocycles. The molecule has 2 aliphatic heterocycles. The molecular weight excluding hydrogens is 352 g/mol. The highest BCUT2D eigenvalue weighted by atomic mass is 16.2. The summed E-state index contributed by atoms with van der Waals surface area (Å²) >= 11 is 0. The Morgan fingerprint density at radius 1 is 1.00 bits per heavy atom. The number of likely N-dealkylation sites (tertiary alicyclic amines) is 2. The number of carbonyl (C=O) groups excluding carboxylic acids is 2. The molecule has 2 amide bonds. The zero-order valence-electron chi connectivity index (χ0n) is 16.8. The molecule has 4 rings (SSSR count). The van der Waals surface area contributed by atoms with E-state index >= 15 is 0 Å². The van der Waals surface area contributed by atoms with E-state index in [9.17, 15) is 9.59 Å². The van der Waals surface area contributed by atoms with Crippen molar-refractivity contribution in [1.29, 1.82) is 0 Å². The zero-order valence-corrected chi connectivity index (χ0v) is 16.8. The number of amides is 2. The van der Waals surface area contributed by atoms with Crippen LogP contribution in [0.4, 0.5) is 0 Å². The highest BCUT2D eigenvalue weighted by molar-refractivity contribution is 5.95. The lowest BCUT2D eigenvalue weighted by molar-refractivity contribution is -0.0153. The van der Waals surface area contributed by atoms with Crippen molar-refractivity contribution in [2.45, 2.75) is 0 Å². The third-order valence-corrected chi connectivity index (χ3v) is 6.17.